The molecule has 1 N–H and O–H groups in total. The van der Waals surface area contributed by atoms with Gasteiger partial charge in [-0.3, -0.25) is 4.79 Å². The van der Waals surface area contributed by atoms with E-state index in [1.165, 1.54) is 6.20 Å². The van der Waals surface area contributed by atoms with Gasteiger partial charge in [-0.05, 0) is 6.42 Å². The first-order valence-corrected chi connectivity index (χ1v) is 4.59. The third-order valence-corrected chi connectivity index (χ3v) is 2.42. The molecule has 78 valence electrons. The first-order valence-electron chi connectivity index (χ1n) is 4.59. The van der Waals surface area contributed by atoms with Crippen LogP contribution in [0.5, 0.6) is 0 Å². The second-order valence-corrected chi connectivity index (χ2v) is 3.40. The van der Waals surface area contributed by atoms with Crippen LogP contribution >= 0.6 is 0 Å². The largest absolute Gasteiger partial charge is 0.366 e. The van der Waals surface area contributed by atoms with Gasteiger partial charge < -0.3 is 4.90 Å². The van der Waals surface area contributed by atoms with Crippen LogP contribution in [0.2, 0.25) is 0 Å². The number of hydrogen-bond acceptors (Lipinski definition) is 4. The minimum atomic E-state index is -0.893. The second kappa shape index (κ2) is 3.69. The van der Waals surface area contributed by atoms with E-state index < -0.39 is 11.7 Å². The number of alkyl halides is 1. The number of hydrogen-bond donors (Lipinski definition) is 1. The molecular weight excluding hydrogens is 199 g/mol. The summed E-state index contributed by atoms with van der Waals surface area (Å²) in [5, 5.41) is 14.6. The van der Waals surface area contributed by atoms with E-state index in [1.807, 2.05) is 6.07 Å². The first-order chi connectivity index (χ1) is 7.22. The Hall–Kier alpha value is -1.90. The van der Waals surface area contributed by atoms with Crippen molar-refractivity contribution in [3.05, 3.63) is 22.1 Å². The molecule has 0 aliphatic carbocycles. The normalized spacial score (nSPS) is 20.3. The van der Waals surface area contributed by atoms with Crippen molar-refractivity contribution in [1.29, 1.82) is 5.26 Å². The number of rotatable bonds is 1. The number of anilines is 1. The highest BCUT2D eigenvalue weighted by Crippen LogP contribution is 2.22. The Bertz CT molecular complexity index is 464. The summed E-state index contributed by atoms with van der Waals surface area (Å²) in [5.74, 6) is 0. The van der Waals surface area contributed by atoms with Crippen LogP contribution in [-0.2, 0) is 0 Å². The third kappa shape index (κ3) is 1.68. The van der Waals surface area contributed by atoms with Gasteiger partial charge in [-0.1, -0.05) is 0 Å². The number of nitriles is 1. The second-order valence-electron chi connectivity index (χ2n) is 3.40. The average molecular weight is 208 g/mol. The number of aromatic amines is 1. The van der Waals surface area contributed by atoms with E-state index in [-0.39, 0.29) is 12.1 Å². The number of H-pyrrole nitrogens is 1. The molecule has 1 fully saturated rings. The summed E-state index contributed by atoms with van der Waals surface area (Å²) in [6, 6.07) is 1.81. The summed E-state index contributed by atoms with van der Waals surface area (Å²) in [6.45, 7) is 0.737. The predicted octanol–water partition coefficient (Wildman–Crippen LogP) is 0.190. The van der Waals surface area contributed by atoms with E-state index in [2.05, 4.69) is 10.2 Å². The monoisotopic (exact) mass is 208 g/mol. The zero-order valence-corrected chi connectivity index (χ0v) is 7.90. The number of nitrogens with one attached hydrogen (secondary N) is 1. The Morgan fingerprint density at radius 3 is 3.13 bits per heavy atom. The van der Waals surface area contributed by atoms with Crippen molar-refractivity contribution in [2.45, 2.75) is 12.6 Å². The Morgan fingerprint density at radius 1 is 1.73 bits per heavy atom. The maximum atomic E-state index is 13.0. The maximum Gasteiger partial charge on any atom is 0.284 e. The minimum Gasteiger partial charge on any atom is -0.366 e. The van der Waals surface area contributed by atoms with Crippen molar-refractivity contribution in [3.8, 4) is 6.07 Å². The fraction of sp³-hybridized carbons (Fsp3) is 0.444. The van der Waals surface area contributed by atoms with Crippen molar-refractivity contribution in [1.82, 2.24) is 10.2 Å². The van der Waals surface area contributed by atoms with E-state index in [0.29, 0.717) is 18.7 Å². The molecule has 1 aliphatic heterocycles. The maximum absolute atomic E-state index is 13.0. The molecular formula is C9H9FN4O. The van der Waals surface area contributed by atoms with Crippen molar-refractivity contribution in [2.24, 2.45) is 0 Å². The number of nitrogens with zero attached hydrogens (tertiary/aromatic N) is 3. The molecule has 0 amide bonds. The van der Waals surface area contributed by atoms with Crippen LogP contribution in [0.3, 0.4) is 0 Å². The standard InChI is InChI=1S/C9H9FN4O/c10-6-1-2-14(5-6)8-4-12-13-9(15)7(8)3-11/h4,6H,1-2,5H2,(H,13,15)/t6-/m0/s1. The summed E-state index contributed by atoms with van der Waals surface area (Å²) in [4.78, 5) is 12.9. The molecule has 0 unspecified atom stereocenters. The lowest BCUT2D eigenvalue weighted by atomic mass is 10.2. The Morgan fingerprint density at radius 2 is 2.53 bits per heavy atom. The van der Waals surface area contributed by atoms with Crippen LogP contribution < -0.4 is 10.5 Å². The molecule has 0 saturated carbocycles. The molecule has 6 heteroatoms. The fourth-order valence-electron chi connectivity index (χ4n) is 1.67. The molecule has 1 aliphatic rings. The van der Waals surface area contributed by atoms with Gasteiger partial charge in [0.05, 0.1) is 11.9 Å². The zero-order chi connectivity index (χ0) is 10.8. The van der Waals surface area contributed by atoms with E-state index >= 15 is 0 Å². The van der Waals surface area contributed by atoms with Crippen molar-refractivity contribution < 1.29 is 4.39 Å². The van der Waals surface area contributed by atoms with Gasteiger partial charge in [-0.15, -0.1) is 0 Å². The van der Waals surface area contributed by atoms with Crippen LogP contribution in [0.4, 0.5) is 10.1 Å². The Labute approximate surface area is 85.1 Å². The third-order valence-electron chi connectivity index (χ3n) is 2.42. The van der Waals surface area contributed by atoms with Crippen molar-refractivity contribution in [3.63, 3.8) is 0 Å². The highest BCUT2D eigenvalue weighted by molar-refractivity contribution is 5.57. The van der Waals surface area contributed by atoms with Crippen LogP contribution in [-0.4, -0.2) is 29.5 Å². The van der Waals surface area contributed by atoms with Crippen molar-refractivity contribution >= 4 is 5.69 Å². The van der Waals surface area contributed by atoms with E-state index in [0.717, 1.165) is 0 Å². The molecule has 1 atom stereocenters. The molecule has 5 nitrogen and oxygen atoms in total. The minimum absolute atomic E-state index is 0.000833. The number of halogens is 1. The van der Waals surface area contributed by atoms with E-state index in [4.69, 9.17) is 5.26 Å². The highest BCUT2D eigenvalue weighted by atomic mass is 19.1. The van der Waals surface area contributed by atoms with Gasteiger partial charge in [0.15, 0.2) is 0 Å². The van der Waals surface area contributed by atoms with Crippen LogP contribution in [0.25, 0.3) is 0 Å². The average Bonchev–Trinajstić information content (AvgIpc) is 2.64. The van der Waals surface area contributed by atoms with Gasteiger partial charge in [0.1, 0.15) is 17.8 Å². The molecule has 15 heavy (non-hydrogen) atoms. The van der Waals surface area contributed by atoms with E-state index in [9.17, 15) is 9.18 Å². The summed E-state index contributed by atoms with van der Waals surface area (Å²) in [5.41, 5.74) is -0.113. The summed E-state index contributed by atoms with van der Waals surface area (Å²) >= 11 is 0. The molecule has 1 saturated heterocycles. The van der Waals surface area contributed by atoms with Crippen molar-refractivity contribution in [2.75, 3.05) is 18.0 Å². The van der Waals surface area contributed by atoms with Gasteiger partial charge in [0, 0.05) is 13.1 Å². The van der Waals surface area contributed by atoms with Gasteiger partial charge in [0.25, 0.3) is 5.56 Å². The summed E-state index contributed by atoms with van der Waals surface area (Å²) in [6.07, 6.45) is 0.922. The van der Waals surface area contributed by atoms with Gasteiger partial charge in [-0.2, -0.15) is 10.4 Å². The van der Waals surface area contributed by atoms with Gasteiger partial charge in [0.2, 0.25) is 0 Å². The van der Waals surface area contributed by atoms with Crippen LogP contribution in [0, 0.1) is 11.3 Å². The molecule has 0 aromatic carbocycles. The molecule has 2 heterocycles. The van der Waals surface area contributed by atoms with Crippen LogP contribution in [0.1, 0.15) is 12.0 Å². The molecule has 2 rings (SSSR count). The summed E-state index contributed by atoms with van der Waals surface area (Å²) < 4.78 is 13.0. The Balaban J connectivity index is 2.41. The molecule has 1 aromatic heterocycles. The number of aromatic nitrogens is 2. The van der Waals surface area contributed by atoms with Gasteiger partial charge >= 0.3 is 0 Å². The highest BCUT2D eigenvalue weighted by Gasteiger charge is 2.24. The molecule has 0 bridgehead atoms. The predicted molar refractivity (Wildman–Crippen MR) is 51.3 cm³/mol. The quantitative estimate of drug-likeness (QED) is 0.715. The van der Waals surface area contributed by atoms with Crippen LogP contribution in [0.15, 0.2) is 11.0 Å². The summed E-state index contributed by atoms with van der Waals surface area (Å²) in [7, 11) is 0. The zero-order valence-electron chi connectivity index (χ0n) is 7.90. The van der Waals surface area contributed by atoms with E-state index in [1.54, 1.807) is 4.90 Å². The Kier molecular flexibility index (Phi) is 2.37. The lowest BCUT2D eigenvalue weighted by Gasteiger charge is -2.17. The molecule has 1 aromatic rings. The van der Waals surface area contributed by atoms with Gasteiger partial charge in [-0.25, -0.2) is 9.49 Å². The first kappa shape index (κ1) is 9.65. The SMILES string of the molecule is N#Cc1c(N2CC[C@H](F)C2)cn[nH]c1=O. The lowest BCUT2D eigenvalue weighted by molar-refractivity contribution is 0.364. The lowest BCUT2D eigenvalue weighted by Crippen LogP contribution is -2.25. The molecule has 0 radical (unpaired) electrons. The fourth-order valence-corrected chi connectivity index (χ4v) is 1.67. The molecule has 0 spiro atoms. The topological polar surface area (TPSA) is 72.8 Å². The smallest absolute Gasteiger partial charge is 0.284 e.